The van der Waals surface area contributed by atoms with Gasteiger partial charge in [0.2, 0.25) is 0 Å². The summed E-state index contributed by atoms with van der Waals surface area (Å²) in [5.74, 6) is -2.28. The maximum absolute atomic E-state index is 13.1. The van der Waals surface area contributed by atoms with Crippen molar-refractivity contribution in [3.8, 4) is 0 Å². The number of hydrogen-bond donors (Lipinski definition) is 3. The van der Waals surface area contributed by atoms with Crippen LogP contribution in [0.2, 0.25) is 0 Å². The molecule has 0 aliphatic carbocycles. The van der Waals surface area contributed by atoms with Gasteiger partial charge in [-0.3, -0.25) is 37.3 Å². The zero-order valence-electron chi connectivity index (χ0n) is 66.1. The van der Waals surface area contributed by atoms with Crippen molar-refractivity contribution < 1.29 is 80.2 Å². The highest BCUT2D eigenvalue weighted by molar-refractivity contribution is 7.47. The smallest absolute Gasteiger partial charge is 0.462 e. The summed E-state index contributed by atoms with van der Waals surface area (Å²) in [7, 11) is -10.00. The quantitative estimate of drug-likeness (QED) is 0.0169. The molecule has 0 fully saturated rings. The summed E-state index contributed by atoms with van der Waals surface area (Å²) in [6.07, 6.45) is 90.8. The van der Waals surface area contributed by atoms with E-state index in [-0.39, 0.29) is 25.7 Å². The average molecular weight is 1520 g/mol. The van der Waals surface area contributed by atoms with E-state index in [1.54, 1.807) is 0 Å². The number of unbranched alkanes of at least 4 members (excludes halogenated alkanes) is 23. The van der Waals surface area contributed by atoms with Gasteiger partial charge in [0, 0.05) is 25.7 Å². The molecule has 106 heavy (non-hydrogen) atoms. The summed E-state index contributed by atoms with van der Waals surface area (Å²) in [5, 5.41) is 10.7. The lowest BCUT2D eigenvalue weighted by Gasteiger charge is -2.21. The van der Waals surface area contributed by atoms with Crippen molar-refractivity contribution in [3.63, 3.8) is 0 Å². The Morgan fingerprint density at radius 2 is 0.491 bits per heavy atom. The van der Waals surface area contributed by atoms with Crippen LogP contribution >= 0.6 is 15.6 Å². The number of esters is 4. The molecule has 0 saturated carbocycles. The highest BCUT2D eigenvalue weighted by atomic mass is 31.2. The van der Waals surface area contributed by atoms with E-state index in [1.807, 2.05) is 0 Å². The minimum atomic E-state index is -5.00. The molecule has 0 rings (SSSR count). The fourth-order valence-electron chi connectivity index (χ4n) is 10.4. The second kappa shape index (κ2) is 77.8. The molecule has 0 heterocycles. The Labute approximate surface area is 642 Å². The zero-order chi connectivity index (χ0) is 77.4. The molecule has 604 valence electrons. The number of rotatable bonds is 75. The van der Waals surface area contributed by atoms with Gasteiger partial charge in [-0.1, -0.05) is 276 Å². The van der Waals surface area contributed by atoms with Crippen molar-refractivity contribution >= 4 is 39.5 Å². The maximum atomic E-state index is 13.1. The van der Waals surface area contributed by atoms with Crippen molar-refractivity contribution in [2.75, 3.05) is 39.6 Å². The molecular formula is C87H144O17P2. The Balaban J connectivity index is 5.45. The Morgan fingerprint density at radius 3 is 0.792 bits per heavy atom. The van der Waals surface area contributed by atoms with Crippen LogP contribution in [-0.4, -0.2) is 96.7 Å². The van der Waals surface area contributed by atoms with Gasteiger partial charge in [-0.15, -0.1) is 0 Å². The van der Waals surface area contributed by atoms with E-state index < -0.39 is 97.5 Å². The van der Waals surface area contributed by atoms with E-state index in [1.165, 1.54) is 38.5 Å². The van der Waals surface area contributed by atoms with Crippen molar-refractivity contribution in [1.29, 1.82) is 0 Å². The van der Waals surface area contributed by atoms with Gasteiger partial charge in [-0.25, -0.2) is 9.13 Å². The number of hydrogen-bond acceptors (Lipinski definition) is 15. The molecular weight excluding hydrogens is 1380 g/mol. The molecule has 5 atom stereocenters. The van der Waals surface area contributed by atoms with Crippen LogP contribution in [0.15, 0.2) is 158 Å². The zero-order valence-corrected chi connectivity index (χ0v) is 67.8. The number of phosphoric acid groups is 2. The van der Waals surface area contributed by atoms with Gasteiger partial charge >= 0.3 is 39.5 Å². The first kappa shape index (κ1) is 101. The first-order valence-corrected chi connectivity index (χ1v) is 43.7. The first-order chi connectivity index (χ1) is 51.7. The minimum Gasteiger partial charge on any atom is -0.462 e. The Bertz CT molecular complexity index is 2630. The lowest BCUT2D eigenvalue weighted by molar-refractivity contribution is -0.161. The second-order valence-corrected chi connectivity index (χ2v) is 29.5. The fourth-order valence-corrected chi connectivity index (χ4v) is 11.9. The third-order valence-electron chi connectivity index (χ3n) is 16.5. The number of ether oxygens (including phenoxy) is 4. The van der Waals surface area contributed by atoms with Gasteiger partial charge in [-0.2, -0.15) is 0 Å². The van der Waals surface area contributed by atoms with Gasteiger partial charge < -0.3 is 33.8 Å². The number of carbonyl (C=O) groups excluding carboxylic acids is 4. The molecule has 19 heteroatoms. The first-order valence-electron chi connectivity index (χ1n) is 40.7. The van der Waals surface area contributed by atoms with Crippen LogP contribution in [0.3, 0.4) is 0 Å². The van der Waals surface area contributed by atoms with E-state index in [0.717, 1.165) is 186 Å². The van der Waals surface area contributed by atoms with E-state index in [9.17, 15) is 43.2 Å². The largest absolute Gasteiger partial charge is 0.472 e. The fraction of sp³-hybridized carbons (Fsp3) is 0.655. The average Bonchev–Trinajstić information content (AvgIpc) is 0.909. The van der Waals surface area contributed by atoms with Gasteiger partial charge in [0.15, 0.2) is 12.2 Å². The highest BCUT2D eigenvalue weighted by Crippen LogP contribution is 2.45. The molecule has 0 saturated heterocycles. The Morgan fingerprint density at radius 1 is 0.274 bits per heavy atom. The van der Waals surface area contributed by atoms with Gasteiger partial charge in [0.25, 0.3) is 0 Å². The van der Waals surface area contributed by atoms with Gasteiger partial charge in [0.05, 0.1) is 26.4 Å². The van der Waals surface area contributed by atoms with Crippen LogP contribution in [0.4, 0.5) is 0 Å². The molecule has 0 aliphatic heterocycles. The maximum Gasteiger partial charge on any atom is 0.472 e. The Kier molecular flexibility index (Phi) is 73.9. The number of aliphatic hydroxyl groups excluding tert-OH is 1. The van der Waals surface area contributed by atoms with Crippen molar-refractivity contribution in [2.45, 2.75) is 329 Å². The molecule has 17 nitrogen and oxygen atoms in total. The summed E-state index contributed by atoms with van der Waals surface area (Å²) < 4.78 is 68.6. The van der Waals surface area contributed by atoms with Crippen LogP contribution in [0.1, 0.15) is 310 Å². The molecule has 3 N–H and O–H groups in total. The third kappa shape index (κ3) is 76.9. The van der Waals surface area contributed by atoms with Gasteiger partial charge in [0.1, 0.15) is 19.3 Å². The normalized spacial score (nSPS) is 14.7. The van der Waals surface area contributed by atoms with Gasteiger partial charge in [-0.05, 0) is 167 Å². The van der Waals surface area contributed by atoms with Crippen LogP contribution < -0.4 is 0 Å². The van der Waals surface area contributed by atoms with Crippen molar-refractivity contribution in [2.24, 2.45) is 0 Å². The van der Waals surface area contributed by atoms with E-state index in [0.29, 0.717) is 32.1 Å². The molecule has 0 aromatic rings. The number of phosphoric ester groups is 2. The van der Waals surface area contributed by atoms with Crippen molar-refractivity contribution in [1.82, 2.24) is 0 Å². The van der Waals surface area contributed by atoms with Crippen LogP contribution in [0, 0.1) is 0 Å². The summed E-state index contributed by atoms with van der Waals surface area (Å²) >= 11 is 0. The second-order valence-electron chi connectivity index (χ2n) is 26.6. The third-order valence-corrected chi connectivity index (χ3v) is 18.4. The number of carbonyl (C=O) groups is 4. The monoisotopic (exact) mass is 1520 g/mol. The van der Waals surface area contributed by atoms with Crippen LogP contribution in [-0.2, 0) is 65.4 Å². The van der Waals surface area contributed by atoms with Crippen LogP contribution in [0.25, 0.3) is 0 Å². The lowest BCUT2D eigenvalue weighted by Crippen LogP contribution is -2.30. The lowest BCUT2D eigenvalue weighted by atomic mass is 10.1. The molecule has 0 spiro atoms. The molecule has 0 aromatic carbocycles. The summed E-state index contributed by atoms with van der Waals surface area (Å²) in [6.45, 7) is 4.43. The Hall–Kier alpha value is -5.32. The van der Waals surface area contributed by atoms with E-state index in [2.05, 4.69) is 186 Å². The van der Waals surface area contributed by atoms with E-state index in [4.69, 9.17) is 37.0 Å². The molecule has 0 radical (unpaired) electrons. The molecule has 0 amide bonds. The van der Waals surface area contributed by atoms with Crippen molar-refractivity contribution in [3.05, 3.63) is 158 Å². The molecule has 0 bridgehead atoms. The SMILES string of the molecule is CC/C=C\C/C=C\C/C=C\C/C=C\C/C=C\CCCCCC(=O)OCC(COP(=O)(O)OCC(O)COP(=O)(O)OCC(COC(=O)CCCCCCCCC/C=C\C/C=C\C/C=C\CC)OC(=O)CCCCCCC/C=C\CCCCCCCC)OC(=O)CCCC/C=C\C/C=C\C/C=C\C/C=C\CC. The highest BCUT2D eigenvalue weighted by Gasteiger charge is 2.30. The van der Waals surface area contributed by atoms with Crippen LogP contribution in [0.5, 0.6) is 0 Å². The number of aliphatic hydroxyl groups is 1. The standard InChI is InChI=1S/C87H144O17P2/c1-5-9-13-17-21-25-29-33-37-39-40-42-46-48-52-56-60-64-68-72-85(90)98-78-83(104-87(92)74-70-66-62-58-54-50-44-36-32-28-24-20-16-12-8-4)80-102-106(95,96)100-76-81(88)75-99-105(93,94)101-79-82(103-86(91)73-69-65-61-57-53-49-43-35-31-27-23-19-15-11-7-3)77-97-84(89)71-67-63-59-55-51-47-45-41-38-34-30-26-22-18-14-10-6-2/h9-10,12-14,16,21-22,24-26,28,33-38,40,42-44,48,52,54,58,81-83,88H,5-8,11,15,17-20,23,27,29-32,39,41,45-47,49-51,53,55-57,59-80H2,1-4H3,(H,93,94)(H,95,96)/b13-9-,14-10-,16-12-,25-21-,26-22-,28-24-,37-33-,38-34-,42-40-,43-35-,44-36-,52-48-,58-54-. The van der Waals surface area contributed by atoms with E-state index >= 15 is 0 Å². The summed E-state index contributed by atoms with van der Waals surface area (Å²) in [4.78, 5) is 73.1. The summed E-state index contributed by atoms with van der Waals surface area (Å²) in [5.41, 5.74) is 0. The minimum absolute atomic E-state index is 0.0297. The molecule has 0 aliphatic rings. The topological polar surface area (TPSA) is 237 Å². The number of allylic oxidation sites excluding steroid dienone is 26. The molecule has 5 unspecified atom stereocenters. The summed E-state index contributed by atoms with van der Waals surface area (Å²) in [6, 6.07) is 0. The predicted octanol–water partition coefficient (Wildman–Crippen LogP) is 24.0. The predicted molar refractivity (Wildman–Crippen MR) is 436 cm³/mol. The molecule has 0 aromatic heterocycles.